The smallest absolute Gasteiger partial charge is 0.335 e. The summed E-state index contributed by atoms with van der Waals surface area (Å²) in [5.74, 6) is -0.215. The van der Waals surface area contributed by atoms with E-state index in [4.69, 9.17) is 16.7 Å². The van der Waals surface area contributed by atoms with E-state index < -0.39 is 5.97 Å². The van der Waals surface area contributed by atoms with Crippen molar-refractivity contribution in [3.05, 3.63) is 28.8 Å². The number of carbonyl (C=O) groups is 2. The predicted molar refractivity (Wildman–Crippen MR) is 79.4 cm³/mol. The first-order valence-electron chi connectivity index (χ1n) is 6.39. The lowest BCUT2D eigenvalue weighted by atomic mass is 9.98. The van der Waals surface area contributed by atoms with Gasteiger partial charge in [-0.05, 0) is 30.0 Å². The Balaban J connectivity index is 2.60. The molecule has 1 aromatic carbocycles. The molecule has 5 nitrogen and oxygen atoms in total. The van der Waals surface area contributed by atoms with Gasteiger partial charge in [-0.3, -0.25) is 0 Å². The third-order valence-electron chi connectivity index (χ3n) is 3.19. The minimum absolute atomic E-state index is 0.0781. The van der Waals surface area contributed by atoms with Crippen LogP contribution in [0.25, 0.3) is 0 Å². The molecule has 0 heterocycles. The van der Waals surface area contributed by atoms with Gasteiger partial charge >= 0.3 is 12.0 Å². The van der Waals surface area contributed by atoms with Gasteiger partial charge in [-0.2, -0.15) is 0 Å². The average Bonchev–Trinajstić information content (AvgIpc) is 2.37. The van der Waals surface area contributed by atoms with Crippen LogP contribution in [-0.2, 0) is 0 Å². The molecular formula is C14H19ClN2O3. The van der Waals surface area contributed by atoms with Crippen molar-refractivity contribution in [3.8, 4) is 0 Å². The Morgan fingerprint density at radius 3 is 2.45 bits per heavy atom. The molecule has 6 heteroatoms. The van der Waals surface area contributed by atoms with Gasteiger partial charge in [0.15, 0.2) is 0 Å². The minimum Gasteiger partial charge on any atom is -0.478 e. The Kier molecular flexibility index (Phi) is 5.82. The van der Waals surface area contributed by atoms with Crippen LogP contribution in [0.15, 0.2) is 18.2 Å². The lowest BCUT2D eigenvalue weighted by Crippen LogP contribution is -2.33. The summed E-state index contributed by atoms with van der Waals surface area (Å²) < 4.78 is 0. The number of hydrogen-bond acceptors (Lipinski definition) is 2. The fourth-order valence-electron chi connectivity index (χ4n) is 1.41. The van der Waals surface area contributed by atoms with Gasteiger partial charge in [-0.25, -0.2) is 9.59 Å². The lowest BCUT2D eigenvalue weighted by molar-refractivity contribution is 0.0697. The van der Waals surface area contributed by atoms with Gasteiger partial charge in [-0.1, -0.05) is 32.4 Å². The average molecular weight is 299 g/mol. The fraction of sp³-hybridized carbons (Fsp3) is 0.429. The molecule has 2 amide bonds. The maximum atomic E-state index is 11.7. The molecule has 0 bridgehead atoms. The molecule has 0 saturated carbocycles. The number of rotatable bonds is 5. The second kappa shape index (κ2) is 7.14. The van der Waals surface area contributed by atoms with Gasteiger partial charge in [0, 0.05) is 6.54 Å². The maximum absolute atomic E-state index is 11.7. The summed E-state index contributed by atoms with van der Waals surface area (Å²) in [5, 5.41) is 14.4. The van der Waals surface area contributed by atoms with Crippen LogP contribution in [0.5, 0.6) is 0 Å². The number of carboxylic acid groups (broad SMARTS) is 1. The van der Waals surface area contributed by atoms with Crippen molar-refractivity contribution in [1.82, 2.24) is 5.32 Å². The third kappa shape index (κ3) is 4.74. The molecule has 1 atom stereocenters. The van der Waals surface area contributed by atoms with Gasteiger partial charge in [-0.15, -0.1) is 0 Å². The van der Waals surface area contributed by atoms with E-state index in [1.54, 1.807) is 0 Å². The number of aromatic carboxylic acids is 1. The number of urea groups is 1. The molecule has 0 radical (unpaired) electrons. The zero-order valence-corrected chi connectivity index (χ0v) is 12.5. The SMILES string of the molecule is CC(C)C(C)CNC(=O)Nc1ccc(C(=O)O)cc1Cl. The summed E-state index contributed by atoms with van der Waals surface area (Å²) in [7, 11) is 0. The van der Waals surface area contributed by atoms with Crippen molar-refractivity contribution >= 4 is 29.3 Å². The van der Waals surface area contributed by atoms with Crippen molar-refractivity contribution in [2.45, 2.75) is 20.8 Å². The highest BCUT2D eigenvalue weighted by Gasteiger charge is 2.11. The summed E-state index contributed by atoms with van der Waals surface area (Å²) in [6.45, 7) is 6.80. The van der Waals surface area contributed by atoms with Crippen LogP contribution < -0.4 is 10.6 Å². The van der Waals surface area contributed by atoms with E-state index in [0.29, 0.717) is 24.1 Å². The van der Waals surface area contributed by atoms with Gasteiger partial charge in [0.05, 0.1) is 16.3 Å². The maximum Gasteiger partial charge on any atom is 0.335 e. The lowest BCUT2D eigenvalue weighted by Gasteiger charge is -2.16. The fourth-order valence-corrected chi connectivity index (χ4v) is 1.63. The number of anilines is 1. The summed E-state index contributed by atoms with van der Waals surface area (Å²) >= 11 is 5.92. The molecule has 0 aromatic heterocycles. The minimum atomic E-state index is -1.06. The Bertz CT molecular complexity index is 503. The molecule has 110 valence electrons. The van der Waals surface area contributed by atoms with Crippen molar-refractivity contribution in [2.75, 3.05) is 11.9 Å². The standard InChI is InChI=1S/C14H19ClN2O3/c1-8(2)9(3)7-16-14(20)17-12-5-4-10(13(18)19)6-11(12)15/h4-6,8-9H,7H2,1-3H3,(H,18,19)(H2,16,17,20). The highest BCUT2D eigenvalue weighted by Crippen LogP contribution is 2.23. The highest BCUT2D eigenvalue weighted by atomic mass is 35.5. The zero-order valence-electron chi connectivity index (χ0n) is 11.7. The predicted octanol–water partition coefficient (Wildman–Crippen LogP) is 3.45. The Morgan fingerprint density at radius 2 is 1.95 bits per heavy atom. The molecule has 0 aliphatic heterocycles. The number of halogens is 1. The second-order valence-electron chi connectivity index (χ2n) is 5.06. The molecule has 0 fully saturated rings. The van der Waals surface area contributed by atoms with E-state index >= 15 is 0 Å². The van der Waals surface area contributed by atoms with Gasteiger partial charge < -0.3 is 15.7 Å². The topological polar surface area (TPSA) is 78.4 Å². The molecule has 0 spiro atoms. The molecular weight excluding hydrogens is 280 g/mol. The summed E-state index contributed by atoms with van der Waals surface area (Å²) in [5.41, 5.74) is 0.459. The number of amides is 2. The highest BCUT2D eigenvalue weighted by molar-refractivity contribution is 6.34. The molecule has 0 aliphatic carbocycles. The van der Waals surface area contributed by atoms with Crippen LogP contribution in [0.1, 0.15) is 31.1 Å². The summed E-state index contributed by atoms with van der Waals surface area (Å²) in [6.07, 6.45) is 0. The molecule has 20 heavy (non-hydrogen) atoms. The molecule has 1 rings (SSSR count). The van der Waals surface area contributed by atoms with E-state index in [1.165, 1.54) is 18.2 Å². The van der Waals surface area contributed by atoms with Crippen LogP contribution in [0.3, 0.4) is 0 Å². The molecule has 3 N–H and O–H groups in total. The van der Waals surface area contributed by atoms with Crippen LogP contribution in [0.2, 0.25) is 5.02 Å². The Hall–Kier alpha value is -1.75. The molecule has 0 aliphatic rings. The Labute approximate surface area is 123 Å². The largest absolute Gasteiger partial charge is 0.478 e. The second-order valence-corrected chi connectivity index (χ2v) is 5.46. The monoisotopic (exact) mass is 298 g/mol. The first-order chi connectivity index (χ1) is 9.31. The van der Waals surface area contributed by atoms with E-state index in [1.807, 2.05) is 0 Å². The van der Waals surface area contributed by atoms with E-state index in [-0.39, 0.29) is 16.6 Å². The third-order valence-corrected chi connectivity index (χ3v) is 3.50. The van der Waals surface area contributed by atoms with Crippen molar-refractivity contribution < 1.29 is 14.7 Å². The first kappa shape index (κ1) is 16.3. The number of carbonyl (C=O) groups excluding carboxylic acids is 1. The quantitative estimate of drug-likeness (QED) is 0.779. The van der Waals surface area contributed by atoms with E-state index in [9.17, 15) is 9.59 Å². The number of nitrogens with one attached hydrogen (secondary N) is 2. The van der Waals surface area contributed by atoms with E-state index in [0.717, 1.165) is 0 Å². The van der Waals surface area contributed by atoms with Crippen LogP contribution in [0.4, 0.5) is 10.5 Å². The van der Waals surface area contributed by atoms with Crippen LogP contribution in [0, 0.1) is 11.8 Å². The molecule has 1 aromatic rings. The Morgan fingerprint density at radius 1 is 1.30 bits per heavy atom. The number of benzene rings is 1. The number of hydrogen-bond donors (Lipinski definition) is 3. The number of carboxylic acids is 1. The van der Waals surface area contributed by atoms with E-state index in [2.05, 4.69) is 31.4 Å². The summed E-state index contributed by atoms with van der Waals surface area (Å²) in [4.78, 5) is 22.5. The molecule has 0 saturated heterocycles. The van der Waals surface area contributed by atoms with Gasteiger partial charge in [0.1, 0.15) is 0 Å². The van der Waals surface area contributed by atoms with Gasteiger partial charge in [0.25, 0.3) is 0 Å². The van der Waals surface area contributed by atoms with Gasteiger partial charge in [0.2, 0.25) is 0 Å². The zero-order chi connectivity index (χ0) is 15.3. The van der Waals surface area contributed by atoms with Crippen molar-refractivity contribution in [1.29, 1.82) is 0 Å². The van der Waals surface area contributed by atoms with Crippen LogP contribution in [-0.4, -0.2) is 23.7 Å². The molecule has 1 unspecified atom stereocenters. The van der Waals surface area contributed by atoms with Crippen molar-refractivity contribution in [3.63, 3.8) is 0 Å². The van der Waals surface area contributed by atoms with Crippen LogP contribution >= 0.6 is 11.6 Å². The normalized spacial score (nSPS) is 12.1. The first-order valence-corrected chi connectivity index (χ1v) is 6.76. The summed E-state index contributed by atoms with van der Waals surface area (Å²) in [6, 6.07) is 3.80. The van der Waals surface area contributed by atoms with Crippen molar-refractivity contribution in [2.24, 2.45) is 11.8 Å².